The Bertz CT molecular complexity index is 309. The molecule has 1 aromatic heterocycles. The van der Waals surface area contributed by atoms with Gasteiger partial charge in [-0.25, -0.2) is 9.36 Å². The first kappa shape index (κ1) is 9.64. The second kappa shape index (κ2) is 3.12. The van der Waals surface area contributed by atoms with Gasteiger partial charge in [-0.3, -0.25) is 5.11 Å². The molecule has 0 fully saturated rings. The maximum atomic E-state index is 11.3. The zero-order valence-electron chi connectivity index (χ0n) is 7.90. The van der Waals surface area contributed by atoms with Gasteiger partial charge in [0.2, 0.25) is 0 Å². The van der Waals surface area contributed by atoms with E-state index in [1.807, 2.05) is 0 Å². The number of aromatic nitrogens is 1. The van der Waals surface area contributed by atoms with Gasteiger partial charge in [0.1, 0.15) is 5.60 Å². The molecule has 0 aliphatic rings. The SMILES string of the molecule is CC(C)(C)OC(=O)n1cccc1[O]. The van der Waals surface area contributed by atoms with Crippen LogP contribution < -0.4 is 0 Å². The molecule has 0 saturated heterocycles. The van der Waals surface area contributed by atoms with Gasteiger partial charge in [-0.1, -0.05) is 0 Å². The summed E-state index contributed by atoms with van der Waals surface area (Å²) in [4.78, 5) is 11.3. The molecule has 0 unspecified atom stereocenters. The molecule has 13 heavy (non-hydrogen) atoms. The van der Waals surface area contributed by atoms with E-state index in [0.29, 0.717) is 0 Å². The fourth-order valence-corrected chi connectivity index (χ4v) is 0.827. The molecule has 0 atom stereocenters. The highest BCUT2D eigenvalue weighted by Crippen LogP contribution is 2.14. The fraction of sp³-hybridized carbons (Fsp3) is 0.444. The van der Waals surface area contributed by atoms with E-state index >= 15 is 0 Å². The van der Waals surface area contributed by atoms with Crippen LogP contribution in [-0.4, -0.2) is 16.3 Å². The summed E-state index contributed by atoms with van der Waals surface area (Å²) >= 11 is 0. The van der Waals surface area contributed by atoms with Gasteiger partial charge in [0.15, 0.2) is 0 Å². The first-order chi connectivity index (χ1) is 5.90. The second-order valence-electron chi connectivity index (χ2n) is 3.70. The second-order valence-corrected chi connectivity index (χ2v) is 3.70. The highest BCUT2D eigenvalue weighted by Gasteiger charge is 2.19. The fourth-order valence-electron chi connectivity index (χ4n) is 0.827. The molecular weight excluding hydrogens is 170 g/mol. The molecule has 4 nitrogen and oxygen atoms in total. The molecule has 1 rings (SSSR count). The molecule has 0 spiro atoms. The minimum atomic E-state index is -0.637. The molecule has 1 radical (unpaired) electrons. The standard InChI is InChI=1S/C9H12NO3/c1-9(2,3)13-8(12)10-6-4-5-7(10)11/h4-6H,1-3H3. The molecule has 0 saturated carbocycles. The number of nitrogens with zero attached hydrogens (tertiary/aromatic N) is 1. The third-order valence-corrected chi connectivity index (χ3v) is 1.30. The smallest absolute Gasteiger partial charge is 0.421 e. The van der Waals surface area contributed by atoms with Crippen molar-refractivity contribution in [1.82, 2.24) is 4.57 Å². The van der Waals surface area contributed by atoms with Gasteiger partial charge in [0.05, 0.1) is 0 Å². The van der Waals surface area contributed by atoms with Crippen LogP contribution in [0.3, 0.4) is 0 Å². The highest BCUT2D eigenvalue weighted by atomic mass is 16.6. The Morgan fingerprint density at radius 3 is 2.46 bits per heavy atom. The molecule has 71 valence electrons. The average molecular weight is 182 g/mol. The Morgan fingerprint density at radius 2 is 2.08 bits per heavy atom. The van der Waals surface area contributed by atoms with E-state index < -0.39 is 11.7 Å². The average Bonchev–Trinajstić information content (AvgIpc) is 2.30. The van der Waals surface area contributed by atoms with Crippen molar-refractivity contribution in [1.29, 1.82) is 0 Å². The Balaban J connectivity index is 2.76. The molecule has 1 aromatic rings. The van der Waals surface area contributed by atoms with Crippen LogP contribution in [0.2, 0.25) is 0 Å². The topological polar surface area (TPSA) is 51.1 Å². The van der Waals surface area contributed by atoms with E-state index in [1.54, 1.807) is 20.8 Å². The quantitative estimate of drug-likeness (QED) is 0.618. The predicted molar refractivity (Wildman–Crippen MR) is 46.2 cm³/mol. The van der Waals surface area contributed by atoms with Crippen molar-refractivity contribution >= 4 is 6.09 Å². The van der Waals surface area contributed by atoms with Gasteiger partial charge in [0, 0.05) is 12.3 Å². The van der Waals surface area contributed by atoms with Crippen molar-refractivity contribution in [2.75, 3.05) is 0 Å². The number of ether oxygens (including phenoxy) is 1. The van der Waals surface area contributed by atoms with Crippen molar-refractivity contribution in [3.63, 3.8) is 0 Å². The Labute approximate surface area is 76.7 Å². The maximum Gasteiger partial charge on any atom is 0.421 e. The molecule has 0 bridgehead atoms. The summed E-state index contributed by atoms with van der Waals surface area (Å²) in [6.45, 7) is 5.25. The summed E-state index contributed by atoms with van der Waals surface area (Å²) in [5.41, 5.74) is -0.576. The Kier molecular flexibility index (Phi) is 2.32. The van der Waals surface area contributed by atoms with E-state index in [0.717, 1.165) is 4.57 Å². The summed E-state index contributed by atoms with van der Waals surface area (Å²) in [5.74, 6) is -0.366. The largest absolute Gasteiger partial charge is 0.443 e. The third-order valence-electron chi connectivity index (χ3n) is 1.30. The highest BCUT2D eigenvalue weighted by molar-refractivity contribution is 5.72. The molecule has 0 amide bonds. The van der Waals surface area contributed by atoms with Crippen LogP contribution in [0.25, 0.3) is 0 Å². The summed E-state index contributed by atoms with van der Waals surface area (Å²) in [7, 11) is 0. The van der Waals surface area contributed by atoms with Crippen LogP contribution in [0, 0.1) is 0 Å². The summed E-state index contributed by atoms with van der Waals surface area (Å²) in [6.07, 6.45) is 0.749. The lowest BCUT2D eigenvalue weighted by atomic mass is 10.2. The van der Waals surface area contributed by atoms with Crippen LogP contribution in [0.5, 0.6) is 5.88 Å². The van der Waals surface area contributed by atoms with Gasteiger partial charge < -0.3 is 4.74 Å². The number of hydrogen-bond donors (Lipinski definition) is 0. The van der Waals surface area contributed by atoms with E-state index in [9.17, 15) is 9.90 Å². The van der Waals surface area contributed by atoms with Gasteiger partial charge in [-0.05, 0) is 26.8 Å². The molecular formula is C9H12NO3. The molecule has 0 aromatic carbocycles. The summed E-state index contributed by atoms with van der Waals surface area (Å²) in [6, 6.07) is 2.82. The lowest BCUT2D eigenvalue weighted by molar-refractivity contribution is 0.0519. The number of hydrogen-bond acceptors (Lipinski definition) is 2. The minimum Gasteiger partial charge on any atom is -0.443 e. The van der Waals surface area contributed by atoms with Crippen LogP contribution in [0.15, 0.2) is 18.3 Å². The van der Waals surface area contributed by atoms with Crippen LogP contribution in [0.1, 0.15) is 20.8 Å². The first-order valence-corrected chi connectivity index (χ1v) is 3.98. The Morgan fingerprint density at radius 1 is 1.46 bits per heavy atom. The van der Waals surface area contributed by atoms with Crippen molar-refractivity contribution < 1.29 is 14.6 Å². The van der Waals surface area contributed by atoms with Gasteiger partial charge >= 0.3 is 6.09 Å². The lowest BCUT2D eigenvalue weighted by Crippen LogP contribution is -2.26. The van der Waals surface area contributed by atoms with E-state index in [-0.39, 0.29) is 5.88 Å². The van der Waals surface area contributed by atoms with Crippen LogP contribution in [0.4, 0.5) is 4.79 Å². The van der Waals surface area contributed by atoms with Crippen molar-refractivity contribution in [3.05, 3.63) is 18.3 Å². The van der Waals surface area contributed by atoms with E-state index in [1.165, 1.54) is 18.3 Å². The van der Waals surface area contributed by atoms with Crippen molar-refractivity contribution in [2.45, 2.75) is 26.4 Å². The van der Waals surface area contributed by atoms with Crippen LogP contribution >= 0.6 is 0 Å². The van der Waals surface area contributed by atoms with Gasteiger partial charge in [-0.15, -0.1) is 0 Å². The number of carbonyl (C=O) groups is 1. The zero-order valence-corrected chi connectivity index (χ0v) is 7.90. The van der Waals surface area contributed by atoms with Crippen molar-refractivity contribution in [3.8, 4) is 5.88 Å². The normalized spacial score (nSPS) is 11.3. The third kappa shape index (κ3) is 2.50. The summed E-state index contributed by atoms with van der Waals surface area (Å²) in [5, 5.41) is 11.0. The van der Waals surface area contributed by atoms with Gasteiger partial charge in [-0.2, -0.15) is 0 Å². The molecule has 0 aliphatic carbocycles. The van der Waals surface area contributed by atoms with E-state index in [2.05, 4.69) is 0 Å². The first-order valence-electron chi connectivity index (χ1n) is 3.98. The van der Waals surface area contributed by atoms with Crippen LogP contribution in [-0.2, 0) is 9.84 Å². The molecule has 0 N–H and O–H groups in total. The zero-order chi connectivity index (χ0) is 10.1. The molecule has 1 heterocycles. The van der Waals surface area contributed by atoms with E-state index in [4.69, 9.17) is 4.74 Å². The predicted octanol–water partition coefficient (Wildman–Crippen LogP) is 2.42. The molecule has 0 aliphatic heterocycles. The monoisotopic (exact) mass is 182 g/mol. The number of carbonyl (C=O) groups excluding carboxylic acids is 1. The van der Waals surface area contributed by atoms with Gasteiger partial charge in [0.25, 0.3) is 5.88 Å². The Hall–Kier alpha value is -1.45. The van der Waals surface area contributed by atoms with Crippen molar-refractivity contribution in [2.24, 2.45) is 0 Å². The number of rotatable bonds is 0. The lowest BCUT2D eigenvalue weighted by Gasteiger charge is -2.19. The minimum absolute atomic E-state index is 0.366. The summed E-state index contributed by atoms with van der Waals surface area (Å²) < 4.78 is 5.92. The molecule has 4 heteroatoms. The maximum absolute atomic E-state index is 11.3.